The van der Waals surface area contributed by atoms with Crippen LogP contribution in [-0.4, -0.2) is 60.6 Å². The third kappa shape index (κ3) is 2.75. The number of carbonyl (C=O) groups excluding carboxylic acids is 1. The number of hydrogen-bond donors (Lipinski definition) is 0. The van der Waals surface area contributed by atoms with Gasteiger partial charge in [-0.2, -0.15) is 0 Å². The van der Waals surface area contributed by atoms with Gasteiger partial charge in [-0.25, -0.2) is 8.78 Å². The number of fused-ring (bicyclic) bond motifs is 2. The summed E-state index contributed by atoms with van der Waals surface area (Å²) in [5.41, 5.74) is 0.397. The SMILES string of the molecule is CCOCC(=O)N1C[C@H](c2cccc(F)c2F)[C@@H]2[C@H]1C1CCN2CC1. The molecule has 4 nitrogen and oxygen atoms in total. The summed E-state index contributed by atoms with van der Waals surface area (Å²) in [6, 6.07) is 4.54. The molecule has 1 amide bonds. The molecule has 0 aliphatic carbocycles. The van der Waals surface area contributed by atoms with E-state index in [2.05, 4.69) is 4.90 Å². The lowest BCUT2D eigenvalue weighted by molar-refractivity contribution is -0.140. The lowest BCUT2D eigenvalue weighted by Gasteiger charge is -2.51. The maximum atomic E-state index is 14.5. The monoisotopic (exact) mass is 350 g/mol. The topological polar surface area (TPSA) is 32.8 Å². The van der Waals surface area contributed by atoms with Crippen LogP contribution in [0.3, 0.4) is 0 Å². The first kappa shape index (κ1) is 16.9. The highest BCUT2D eigenvalue weighted by Crippen LogP contribution is 2.47. The standard InChI is InChI=1S/C19H24F2N2O2/c1-2-25-11-16(24)23-10-14(13-4-3-5-15(20)17(13)21)19-18(23)12-6-8-22(19)9-7-12/h3-5,12,14,18-19H,2,6-11H2,1H3/t14-,18-,19-/m1/s1. The van der Waals surface area contributed by atoms with Gasteiger partial charge in [0.15, 0.2) is 11.6 Å². The van der Waals surface area contributed by atoms with E-state index in [1.807, 2.05) is 11.8 Å². The molecule has 1 aromatic rings. The highest BCUT2D eigenvalue weighted by molar-refractivity contribution is 5.78. The van der Waals surface area contributed by atoms with E-state index in [1.165, 1.54) is 0 Å². The fraction of sp³-hybridized carbons (Fsp3) is 0.632. The Bertz CT molecular complexity index is 661. The Morgan fingerprint density at radius 3 is 2.72 bits per heavy atom. The lowest BCUT2D eigenvalue weighted by atomic mass is 9.75. The molecule has 6 heteroatoms. The number of amides is 1. The Labute approximate surface area is 146 Å². The molecule has 2 bridgehead atoms. The van der Waals surface area contributed by atoms with Crippen LogP contribution in [0.5, 0.6) is 0 Å². The van der Waals surface area contributed by atoms with Crippen molar-refractivity contribution in [2.24, 2.45) is 5.92 Å². The number of rotatable bonds is 4. The number of ether oxygens (including phenoxy) is 1. The molecule has 1 aromatic carbocycles. The molecule has 5 rings (SSSR count). The van der Waals surface area contributed by atoms with E-state index >= 15 is 0 Å². The zero-order valence-electron chi connectivity index (χ0n) is 14.5. The van der Waals surface area contributed by atoms with Crippen LogP contribution >= 0.6 is 0 Å². The summed E-state index contributed by atoms with van der Waals surface area (Å²) < 4.78 is 33.6. The summed E-state index contributed by atoms with van der Waals surface area (Å²) in [5.74, 6) is -1.36. The van der Waals surface area contributed by atoms with Crippen LogP contribution in [0.4, 0.5) is 8.78 Å². The maximum absolute atomic E-state index is 14.5. The summed E-state index contributed by atoms with van der Waals surface area (Å²) >= 11 is 0. The van der Waals surface area contributed by atoms with Crippen LogP contribution in [-0.2, 0) is 9.53 Å². The van der Waals surface area contributed by atoms with E-state index in [9.17, 15) is 13.6 Å². The lowest BCUT2D eigenvalue weighted by Crippen LogP contribution is -2.61. The molecule has 0 saturated carbocycles. The van der Waals surface area contributed by atoms with Gasteiger partial charge < -0.3 is 9.64 Å². The number of halogens is 2. The second-order valence-corrected chi connectivity index (χ2v) is 7.29. The molecular weight excluding hydrogens is 326 g/mol. The minimum Gasteiger partial charge on any atom is -0.372 e. The Kier molecular flexibility index (Phi) is 4.50. The fourth-order valence-corrected chi connectivity index (χ4v) is 5.06. The molecule has 4 aliphatic heterocycles. The minimum absolute atomic E-state index is 0.0371. The second-order valence-electron chi connectivity index (χ2n) is 7.29. The summed E-state index contributed by atoms with van der Waals surface area (Å²) in [6.45, 7) is 4.81. The predicted molar refractivity (Wildman–Crippen MR) is 89.2 cm³/mol. The van der Waals surface area contributed by atoms with Crippen molar-refractivity contribution in [3.8, 4) is 0 Å². The fourth-order valence-electron chi connectivity index (χ4n) is 5.06. The smallest absolute Gasteiger partial charge is 0.248 e. The number of piperidine rings is 3. The maximum Gasteiger partial charge on any atom is 0.248 e. The first-order valence-electron chi connectivity index (χ1n) is 9.17. The van der Waals surface area contributed by atoms with E-state index in [4.69, 9.17) is 4.74 Å². The molecule has 0 spiro atoms. The highest BCUT2D eigenvalue weighted by atomic mass is 19.2. The van der Waals surface area contributed by atoms with Gasteiger partial charge in [0.1, 0.15) is 6.61 Å². The molecule has 4 aliphatic rings. The molecular formula is C19H24F2N2O2. The van der Waals surface area contributed by atoms with E-state index in [-0.39, 0.29) is 30.5 Å². The number of carbonyl (C=O) groups is 1. The Morgan fingerprint density at radius 2 is 2.00 bits per heavy atom. The van der Waals surface area contributed by atoms with Gasteiger partial charge in [-0.1, -0.05) is 12.1 Å². The number of hydrogen-bond acceptors (Lipinski definition) is 3. The van der Waals surface area contributed by atoms with Gasteiger partial charge in [0.2, 0.25) is 5.91 Å². The molecule has 4 fully saturated rings. The first-order valence-corrected chi connectivity index (χ1v) is 9.17. The average molecular weight is 350 g/mol. The van der Waals surface area contributed by atoms with Crippen molar-refractivity contribution in [2.75, 3.05) is 32.8 Å². The van der Waals surface area contributed by atoms with Crippen molar-refractivity contribution in [2.45, 2.75) is 37.8 Å². The van der Waals surface area contributed by atoms with Crippen LogP contribution < -0.4 is 0 Å². The number of benzene rings is 1. The molecule has 3 atom stereocenters. The Balaban J connectivity index is 1.68. The van der Waals surface area contributed by atoms with Gasteiger partial charge in [-0.15, -0.1) is 0 Å². The zero-order valence-corrected chi connectivity index (χ0v) is 14.5. The van der Waals surface area contributed by atoms with Gasteiger partial charge in [0.05, 0.1) is 6.04 Å². The number of likely N-dealkylation sites (tertiary alicyclic amines) is 1. The van der Waals surface area contributed by atoms with Crippen molar-refractivity contribution < 1.29 is 18.3 Å². The minimum atomic E-state index is -0.816. The van der Waals surface area contributed by atoms with Crippen LogP contribution in [0.2, 0.25) is 0 Å². The second kappa shape index (κ2) is 6.65. The largest absolute Gasteiger partial charge is 0.372 e. The molecule has 0 N–H and O–H groups in total. The van der Waals surface area contributed by atoms with Gasteiger partial charge >= 0.3 is 0 Å². The van der Waals surface area contributed by atoms with Gasteiger partial charge in [0.25, 0.3) is 0 Å². The average Bonchev–Trinajstić information content (AvgIpc) is 3.06. The van der Waals surface area contributed by atoms with Crippen molar-refractivity contribution >= 4 is 5.91 Å². The van der Waals surface area contributed by atoms with E-state index in [0.717, 1.165) is 32.0 Å². The van der Waals surface area contributed by atoms with Crippen molar-refractivity contribution in [3.05, 3.63) is 35.4 Å². The Morgan fingerprint density at radius 1 is 1.24 bits per heavy atom. The Hall–Kier alpha value is -1.53. The predicted octanol–water partition coefficient (Wildman–Crippen LogP) is 2.39. The van der Waals surface area contributed by atoms with Gasteiger partial charge in [-0.05, 0) is 50.4 Å². The summed E-state index contributed by atoms with van der Waals surface area (Å²) in [4.78, 5) is 16.9. The van der Waals surface area contributed by atoms with Gasteiger partial charge in [-0.3, -0.25) is 9.69 Å². The summed E-state index contributed by atoms with van der Waals surface area (Å²) in [7, 11) is 0. The van der Waals surface area contributed by atoms with Crippen LogP contribution in [0.25, 0.3) is 0 Å². The molecule has 4 saturated heterocycles. The summed E-state index contributed by atoms with van der Waals surface area (Å²) in [6.07, 6.45) is 2.13. The molecule has 136 valence electrons. The first-order chi connectivity index (χ1) is 12.1. The third-order valence-corrected chi connectivity index (χ3v) is 6.13. The third-order valence-electron chi connectivity index (χ3n) is 6.13. The number of nitrogens with zero attached hydrogens (tertiary/aromatic N) is 2. The molecule has 0 radical (unpaired) electrons. The molecule has 4 heterocycles. The van der Waals surface area contributed by atoms with Crippen LogP contribution in [0.1, 0.15) is 31.2 Å². The van der Waals surface area contributed by atoms with Crippen LogP contribution in [0, 0.1) is 17.6 Å². The molecule has 25 heavy (non-hydrogen) atoms. The van der Waals surface area contributed by atoms with Gasteiger partial charge in [0, 0.05) is 25.1 Å². The van der Waals surface area contributed by atoms with E-state index in [0.29, 0.717) is 24.6 Å². The van der Waals surface area contributed by atoms with E-state index < -0.39 is 11.6 Å². The quantitative estimate of drug-likeness (QED) is 0.836. The van der Waals surface area contributed by atoms with Crippen molar-refractivity contribution in [1.29, 1.82) is 0 Å². The normalized spacial score (nSPS) is 33.6. The zero-order chi connectivity index (χ0) is 17.6. The van der Waals surface area contributed by atoms with Crippen LogP contribution in [0.15, 0.2) is 18.2 Å². The van der Waals surface area contributed by atoms with Crippen molar-refractivity contribution in [1.82, 2.24) is 9.80 Å². The summed E-state index contributed by atoms with van der Waals surface area (Å²) in [5, 5.41) is 0. The highest BCUT2D eigenvalue weighted by Gasteiger charge is 2.55. The van der Waals surface area contributed by atoms with Crippen molar-refractivity contribution in [3.63, 3.8) is 0 Å². The molecule has 0 aromatic heterocycles. The van der Waals surface area contributed by atoms with E-state index in [1.54, 1.807) is 12.1 Å². The molecule has 0 unspecified atom stereocenters.